The largest absolute Gasteiger partial charge is 1.00 e. The zero-order valence-corrected chi connectivity index (χ0v) is 15.3. The van der Waals surface area contributed by atoms with E-state index in [2.05, 4.69) is 26.2 Å². The molecule has 1 heterocycles. The minimum absolute atomic E-state index is 0. The van der Waals surface area contributed by atoms with Crippen LogP contribution >= 0.6 is 0 Å². The van der Waals surface area contributed by atoms with Crippen LogP contribution in [0, 0.1) is 13.8 Å². The Balaban J connectivity index is 0.00000242. The molecule has 1 aromatic rings. The van der Waals surface area contributed by atoms with Crippen molar-refractivity contribution >= 4 is 11.6 Å². The smallest absolute Gasteiger partial charge is 0.285 e. The van der Waals surface area contributed by atoms with Crippen molar-refractivity contribution in [1.82, 2.24) is 0 Å². The summed E-state index contributed by atoms with van der Waals surface area (Å²) in [5.74, 6) is 0.129. The summed E-state index contributed by atoms with van der Waals surface area (Å²) >= 11 is 0. The van der Waals surface area contributed by atoms with Crippen LogP contribution < -0.4 is 17.7 Å². The third-order valence-corrected chi connectivity index (χ3v) is 5.43. The van der Waals surface area contributed by atoms with Crippen LogP contribution in [0.4, 0.5) is 5.69 Å². The van der Waals surface area contributed by atoms with Gasteiger partial charge in [-0.2, -0.15) is 0 Å². The molecule has 0 aromatic heterocycles. The molecule has 1 N–H and O–H groups in total. The number of nitrogens with zero attached hydrogens (tertiary/aromatic N) is 1. The number of aryl methyl sites for hydroxylation is 2. The highest BCUT2D eigenvalue weighted by atomic mass is 35.5. The van der Waals surface area contributed by atoms with E-state index in [1.807, 2.05) is 32.0 Å². The van der Waals surface area contributed by atoms with Crippen LogP contribution in [-0.2, 0) is 4.79 Å². The van der Waals surface area contributed by atoms with Gasteiger partial charge in [0, 0.05) is 5.69 Å². The number of benzene rings is 1. The van der Waals surface area contributed by atoms with Crippen molar-refractivity contribution in [3.8, 4) is 0 Å². The molecule has 0 unspecified atom stereocenters. The summed E-state index contributed by atoms with van der Waals surface area (Å²) in [7, 11) is 2.23. The molecule has 4 heteroatoms. The molecule has 1 aliphatic rings. The fourth-order valence-corrected chi connectivity index (χ4v) is 3.29. The number of hydrogen-bond donors (Lipinski definition) is 1. The number of piperidine rings is 1. The zero-order valence-electron chi connectivity index (χ0n) is 14.5. The van der Waals surface area contributed by atoms with E-state index in [-0.39, 0.29) is 18.3 Å². The molecule has 0 atom stereocenters. The van der Waals surface area contributed by atoms with Gasteiger partial charge in [0.25, 0.3) is 5.91 Å². The maximum absolute atomic E-state index is 12.9. The molecule has 1 aliphatic heterocycles. The summed E-state index contributed by atoms with van der Waals surface area (Å²) in [4.78, 5) is 12.9. The van der Waals surface area contributed by atoms with Gasteiger partial charge < -0.3 is 22.2 Å². The predicted octanol–water partition coefficient (Wildman–Crippen LogP) is 0.655. The van der Waals surface area contributed by atoms with Gasteiger partial charge >= 0.3 is 0 Å². The van der Waals surface area contributed by atoms with E-state index in [0.29, 0.717) is 0 Å². The molecule has 3 nitrogen and oxygen atoms in total. The number of nitrogens with one attached hydrogen (secondary N) is 1. The molecule has 0 radical (unpaired) electrons. The van der Waals surface area contributed by atoms with Crippen molar-refractivity contribution in [3.63, 3.8) is 0 Å². The molecular weight excluding hydrogens is 296 g/mol. The molecule has 1 aromatic carbocycles. The van der Waals surface area contributed by atoms with Crippen molar-refractivity contribution < 1.29 is 21.7 Å². The van der Waals surface area contributed by atoms with Crippen LogP contribution in [0.2, 0.25) is 0 Å². The summed E-state index contributed by atoms with van der Waals surface area (Å²) in [6.07, 6.45) is 3.73. The zero-order chi connectivity index (χ0) is 15.7. The number of halogens is 1. The van der Waals surface area contributed by atoms with Crippen LogP contribution in [0.5, 0.6) is 0 Å². The van der Waals surface area contributed by atoms with E-state index in [9.17, 15) is 4.79 Å². The van der Waals surface area contributed by atoms with E-state index >= 15 is 0 Å². The summed E-state index contributed by atoms with van der Waals surface area (Å²) < 4.78 is 0.837. The number of carbonyl (C=O) groups is 1. The van der Waals surface area contributed by atoms with Crippen molar-refractivity contribution in [3.05, 3.63) is 29.3 Å². The average Bonchev–Trinajstić information content (AvgIpc) is 2.43. The quantitative estimate of drug-likeness (QED) is 0.813. The minimum Gasteiger partial charge on any atom is -1.00 e. The summed E-state index contributed by atoms with van der Waals surface area (Å²) in [5, 5.41) is 3.19. The van der Waals surface area contributed by atoms with Crippen molar-refractivity contribution in [2.45, 2.75) is 52.5 Å². The Hall–Kier alpha value is -1.06. The van der Waals surface area contributed by atoms with Crippen molar-refractivity contribution in [2.75, 3.05) is 25.5 Å². The first-order valence-electron chi connectivity index (χ1n) is 8.00. The molecule has 124 valence electrons. The maximum Gasteiger partial charge on any atom is 0.285 e. The van der Waals surface area contributed by atoms with Gasteiger partial charge in [0.05, 0.1) is 20.1 Å². The molecule has 22 heavy (non-hydrogen) atoms. The van der Waals surface area contributed by atoms with E-state index in [1.54, 1.807) is 0 Å². The molecule has 2 rings (SSSR count). The lowest BCUT2D eigenvalue weighted by atomic mass is 9.93. The Morgan fingerprint density at radius 1 is 1.09 bits per heavy atom. The van der Waals surface area contributed by atoms with Crippen LogP contribution in [-0.4, -0.2) is 36.1 Å². The van der Waals surface area contributed by atoms with Gasteiger partial charge in [-0.3, -0.25) is 4.79 Å². The second kappa shape index (κ2) is 7.01. The number of anilines is 1. The Bertz CT molecular complexity index is 514. The molecular formula is C18H29ClN2O. The van der Waals surface area contributed by atoms with E-state index in [1.165, 1.54) is 19.3 Å². The highest BCUT2D eigenvalue weighted by Crippen LogP contribution is 2.30. The van der Waals surface area contributed by atoms with Gasteiger partial charge in [0.1, 0.15) is 0 Å². The average molecular weight is 325 g/mol. The Kier molecular flexibility index (Phi) is 6.05. The Labute approximate surface area is 141 Å². The topological polar surface area (TPSA) is 29.1 Å². The van der Waals surface area contributed by atoms with Crippen LogP contribution in [0.3, 0.4) is 0 Å². The lowest BCUT2D eigenvalue weighted by Crippen LogP contribution is -3.00. The third-order valence-electron chi connectivity index (χ3n) is 5.43. The number of quaternary nitrogens is 1. The molecule has 1 amide bonds. The second-order valence-electron chi connectivity index (χ2n) is 7.18. The number of amides is 1. The highest BCUT2D eigenvalue weighted by molar-refractivity contribution is 5.97. The van der Waals surface area contributed by atoms with Crippen LogP contribution in [0.1, 0.15) is 44.2 Å². The van der Waals surface area contributed by atoms with Crippen LogP contribution in [0.15, 0.2) is 18.2 Å². The molecule has 0 spiro atoms. The number of carbonyl (C=O) groups excluding carboxylic acids is 1. The predicted molar refractivity (Wildman–Crippen MR) is 88.4 cm³/mol. The molecule has 1 saturated heterocycles. The Morgan fingerprint density at radius 3 is 2.09 bits per heavy atom. The van der Waals surface area contributed by atoms with Crippen molar-refractivity contribution in [2.24, 2.45) is 0 Å². The number of likely N-dealkylation sites (tertiary alicyclic amines) is 1. The monoisotopic (exact) mass is 324 g/mol. The van der Waals surface area contributed by atoms with E-state index < -0.39 is 5.54 Å². The summed E-state index contributed by atoms with van der Waals surface area (Å²) in [6.45, 7) is 10.4. The normalized spacial score (nSPS) is 17.5. The summed E-state index contributed by atoms with van der Waals surface area (Å²) in [5.41, 5.74) is 2.81. The maximum atomic E-state index is 12.9. The molecule has 1 fully saturated rings. The molecule has 0 saturated carbocycles. The minimum atomic E-state index is -0.408. The Morgan fingerprint density at radius 2 is 1.59 bits per heavy atom. The van der Waals surface area contributed by atoms with E-state index in [4.69, 9.17) is 0 Å². The first kappa shape index (κ1) is 19.0. The second-order valence-corrected chi connectivity index (χ2v) is 7.18. The SMILES string of the molecule is Cc1cccc(C)c1NC(=O)C(C)(C)[N+]1(C)CCCCC1.[Cl-]. The van der Waals surface area contributed by atoms with Gasteiger partial charge in [0.2, 0.25) is 0 Å². The highest BCUT2D eigenvalue weighted by Gasteiger charge is 2.47. The molecule has 0 aliphatic carbocycles. The lowest BCUT2D eigenvalue weighted by Gasteiger charge is -2.48. The number of para-hydroxylation sites is 1. The van der Waals surface area contributed by atoms with Gasteiger partial charge in [-0.1, -0.05) is 18.2 Å². The van der Waals surface area contributed by atoms with Gasteiger partial charge in [-0.25, -0.2) is 0 Å². The number of likely N-dealkylation sites (N-methyl/N-ethyl adjacent to an activating group) is 1. The van der Waals surface area contributed by atoms with Gasteiger partial charge in [0.15, 0.2) is 5.54 Å². The van der Waals surface area contributed by atoms with Crippen molar-refractivity contribution in [1.29, 1.82) is 0 Å². The van der Waals surface area contributed by atoms with E-state index in [0.717, 1.165) is 34.4 Å². The fraction of sp³-hybridized carbons (Fsp3) is 0.611. The van der Waals surface area contributed by atoms with Gasteiger partial charge in [-0.15, -0.1) is 0 Å². The van der Waals surface area contributed by atoms with Crippen LogP contribution in [0.25, 0.3) is 0 Å². The first-order valence-corrected chi connectivity index (χ1v) is 8.00. The standard InChI is InChI=1S/C18H28N2O.ClH/c1-14-10-9-11-15(2)16(14)19-17(21)18(3,4)20(5)12-7-6-8-13-20;/h9-11H,6-8,12-13H2,1-5H3;1H. The third kappa shape index (κ3) is 3.47. The first-order chi connectivity index (χ1) is 9.78. The number of hydrogen-bond acceptors (Lipinski definition) is 1. The lowest BCUT2D eigenvalue weighted by molar-refractivity contribution is -0.949. The number of rotatable bonds is 3. The molecule has 0 bridgehead atoms. The van der Waals surface area contributed by atoms with Gasteiger partial charge in [-0.05, 0) is 58.1 Å². The fourth-order valence-electron chi connectivity index (χ4n) is 3.29. The summed E-state index contributed by atoms with van der Waals surface area (Å²) in [6, 6.07) is 6.13.